The molecular weight excluding hydrogens is 1090 g/mol. The number of carbonyl (C=O) groups is 1. The van der Waals surface area contributed by atoms with Gasteiger partial charge in [0.15, 0.2) is 6.29 Å². The van der Waals surface area contributed by atoms with Gasteiger partial charge in [0, 0.05) is 6.42 Å². The van der Waals surface area contributed by atoms with E-state index in [1.165, 1.54) is 308 Å². The summed E-state index contributed by atoms with van der Waals surface area (Å²) < 4.78 is 11.3. The molecule has 1 aliphatic rings. The van der Waals surface area contributed by atoms with E-state index in [0.717, 1.165) is 51.4 Å². The maximum absolute atomic E-state index is 13.2. The number of aliphatic hydroxyl groups excluding tert-OH is 5. The number of amides is 1. The second kappa shape index (κ2) is 67.8. The zero-order chi connectivity index (χ0) is 63.5. The Balaban J connectivity index is 2.11. The Hall–Kier alpha value is -2.11. The average Bonchev–Trinajstić information content (AvgIpc) is 3.65. The van der Waals surface area contributed by atoms with Gasteiger partial charge in [-0.2, -0.15) is 0 Å². The average molecular weight is 1240 g/mol. The highest BCUT2D eigenvalue weighted by molar-refractivity contribution is 5.76. The van der Waals surface area contributed by atoms with Gasteiger partial charge < -0.3 is 40.3 Å². The molecule has 9 heteroatoms. The molecule has 0 radical (unpaired) electrons. The molecule has 0 spiro atoms. The summed E-state index contributed by atoms with van der Waals surface area (Å²) in [6.07, 6.45) is 87.9. The lowest BCUT2D eigenvalue weighted by Gasteiger charge is -2.40. The Morgan fingerprint density at radius 1 is 0.386 bits per heavy atom. The quantitative estimate of drug-likeness (QED) is 0.0261. The van der Waals surface area contributed by atoms with Gasteiger partial charge in [-0.1, -0.05) is 364 Å². The van der Waals surface area contributed by atoms with Gasteiger partial charge in [-0.15, -0.1) is 0 Å². The van der Waals surface area contributed by atoms with Crippen LogP contribution in [0.25, 0.3) is 0 Å². The van der Waals surface area contributed by atoms with Crippen molar-refractivity contribution in [2.45, 2.75) is 423 Å². The van der Waals surface area contributed by atoms with E-state index in [1.807, 2.05) is 6.08 Å². The zero-order valence-corrected chi connectivity index (χ0v) is 58.0. The minimum atomic E-state index is -1.57. The summed E-state index contributed by atoms with van der Waals surface area (Å²) in [7, 11) is 0. The van der Waals surface area contributed by atoms with Crippen molar-refractivity contribution in [2.24, 2.45) is 0 Å². The molecule has 7 unspecified atom stereocenters. The molecule has 0 bridgehead atoms. The van der Waals surface area contributed by atoms with Crippen molar-refractivity contribution in [2.75, 3.05) is 13.2 Å². The monoisotopic (exact) mass is 1240 g/mol. The van der Waals surface area contributed by atoms with Gasteiger partial charge in [0.05, 0.1) is 25.4 Å². The molecule has 516 valence electrons. The van der Waals surface area contributed by atoms with Crippen LogP contribution in [0.2, 0.25) is 0 Å². The van der Waals surface area contributed by atoms with Crippen molar-refractivity contribution in [3.05, 3.63) is 60.8 Å². The van der Waals surface area contributed by atoms with Crippen LogP contribution in [0, 0.1) is 0 Å². The van der Waals surface area contributed by atoms with E-state index < -0.39 is 49.5 Å². The molecule has 9 nitrogen and oxygen atoms in total. The summed E-state index contributed by atoms with van der Waals surface area (Å²) >= 11 is 0. The Morgan fingerprint density at radius 3 is 1.03 bits per heavy atom. The molecule has 7 atom stereocenters. The third-order valence-corrected chi connectivity index (χ3v) is 18.3. The number of nitrogens with one attached hydrogen (secondary N) is 1. The summed E-state index contributed by atoms with van der Waals surface area (Å²) in [5.41, 5.74) is 0. The van der Waals surface area contributed by atoms with E-state index in [2.05, 4.69) is 67.8 Å². The molecule has 0 aromatic heterocycles. The molecule has 1 fully saturated rings. The third kappa shape index (κ3) is 55.5. The number of carbonyl (C=O) groups excluding carboxylic acids is 1. The first-order chi connectivity index (χ1) is 43.3. The van der Waals surface area contributed by atoms with Crippen molar-refractivity contribution in [3.8, 4) is 0 Å². The van der Waals surface area contributed by atoms with Gasteiger partial charge in [0.25, 0.3) is 0 Å². The normalized spacial score (nSPS) is 18.2. The van der Waals surface area contributed by atoms with Crippen molar-refractivity contribution in [1.29, 1.82) is 0 Å². The molecule has 1 amide bonds. The van der Waals surface area contributed by atoms with Crippen LogP contribution in [0.5, 0.6) is 0 Å². The number of rotatable bonds is 68. The van der Waals surface area contributed by atoms with Crippen molar-refractivity contribution in [3.63, 3.8) is 0 Å². The number of ether oxygens (including phenoxy) is 2. The van der Waals surface area contributed by atoms with Crippen LogP contribution < -0.4 is 5.32 Å². The molecule has 88 heavy (non-hydrogen) atoms. The molecule has 1 rings (SSSR count). The standard InChI is InChI=1S/C79H147NO8/c1-3-5-7-9-11-13-15-17-19-21-23-25-27-29-31-33-35-37-39-41-43-45-47-49-51-53-55-57-59-61-63-65-67-69-75(83)80-72(71-87-79-78(86)77(85)76(84)74(70-81)88-79)73(82)68-66-64-62-60-58-56-54-52-50-48-46-44-42-40-38-36-34-32-30-28-26-24-22-20-18-16-14-12-10-8-6-4-2/h15,17,21,23,27,29,58,60,66,68,72-74,76-79,81-82,84-86H,3-14,16,18-20,22,24-26,28,30-57,59,61-65,67,69-71H2,1-2H3,(H,80,83)/b17-15-,23-21-,29-27-,60-58+,68-66+. The summed E-state index contributed by atoms with van der Waals surface area (Å²) in [5, 5.41) is 54.8. The first-order valence-electron chi connectivity index (χ1n) is 38.5. The van der Waals surface area contributed by atoms with Gasteiger partial charge in [0.1, 0.15) is 24.4 Å². The highest BCUT2D eigenvalue weighted by Gasteiger charge is 2.44. The molecule has 0 aliphatic carbocycles. The van der Waals surface area contributed by atoms with Gasteiger partial charge in [-0.3, -0.25) is 4.79 Å². The minimum absolute atomic E-state index is 0.181. The summed E-state index contributed by atoms with van der Waals surface area (Å²) in [5.74, 6) is -0.181. The van der Waals surface area contributed by atoms with E-state index in [-0.39, 0.29) is 12.5 Å². The Bertz CT molecular complexity index is 1580. The number of hydrogen-bond donors (Lipinski definition) is 6. The van der Waals surface area contributed by atoms with E-state index in [4.69, 9.17) is 9.47 Å². The lowest BCUT2D eigenvalue weighted by Crippen LogP contribution is -2.60. The van der Waals surface area contributed by atoms with Crippen molar-refractivity contribution >= 4 is 5.91 Å². The number of allylic oxidation sites excluding steroid dienone is 9. The first-order valence-corrected chi connectivity index (χ1v) is 38.5. The molecule has 1 saturated heterocycles. The predicted octanol–water partition coefficient (Wildman–Crippen LogP) is 21.7. The number of hydrogen-bond acceptors (Lipinski definition) is 8. The van der Waals surface area contributed by atoms with Crippen LogP contribution in [0.3, 0.4) is 0 Å². The number of unbranched alkanes of at least 4 members (excludes halogenated alkanes) is 50. The van der Waals surface area contributed by atoms with Crippen LogP contribution in [0.4, 0.5) is 0 Å². The van der Waals surface area contributed by atoms with E-state index in [1.54, 1.807) is 6.08 Å². The van der Waals surface area contributed by atoms with E-state index >= 15 is 0 Å². The summed E-state index contributed by atoms with van der Waals surface area (Å²) in [6, 6.07) is -0.825. The minimum Gasteiger partial charge on any atom is -0.394 e. The van der Waals surface area contributed by atoms with Crippen LogP contribution in [-0.2, 0) is 14.3 Å². The van der Waals surface area contributed by atoms with Gasteiger partial charge >= 0.3 is 0 Å². The maximum Gasteiger partial charge on any atom is 0.220 e. The third-order valence-electron chi connectivity index (χ3n) is 18.3. The molecule has 1 aliphatic heterocycles. The lowest BCUT2D eigenvalue weighted by atomic mass is 9.99. The highest BCUT2D eigenvalue weighted by atomic mass is 16.7. The van der Waals surface area contributed by atoms with Crippen LogP contribution in [0.1, 0.15) is 380 Å². The first kappa shape index (κ1) is 83.9. The fourth-order valence-electron chi connectivity index (χ4n) is 12.3. The highest BCUT2D eigenvalue weighted by Crippen LogP contribution is 2.24. The Labute approximate surface area is 545 Å². The van der Waals surface area contributed by atoms with Crippen molar-refractivity contribution < 1.29 is 39.8 Å². The summed E-state index contributed by atoms with van der Waals surface area (Å²) in [6.45, 7) is 3.80. The van der Waals surface area contributed by atoms with Gasteiger partial charge in [0.2, 0.25) is 5.91 Å². The fraction of sp³-hybridized carbons (Fsp3) is 0.861. The van der Waals surface area contributed by atoms with E-state index in [0.29, 0.717) is 6.42 Å². The van der Waals surface area contributed by atoms with Crippen molar-refractivity contribution in [1.82, 2.24) is 5.32 Å². The van der Waals surface area contributed by atoms with E-state index in [9.17, 15) is 30.3 Å². The second-order valence-corrected chi connectivity index (χ2v) is 26.8. The largest absolute Gasteiger partial charge is 0.394 e. The lowest BCUT2D eigenvalue weighted by molar-refractivity contribution is -0.302. The topological polar surface area (TPSA) is 149 Å². The molecule has 0 aromatic rings. The molecular formula is C79H147NO8. The smallest absolute Gasteiger partial charge is 0.220 e. The maximum atomic E-state index is 13.2. The predicted molar refractivity (Wildman–Crippen MR) is 378 cm³/mol. The Morgan fingerprint density at radius 2 is 0.682 bits per heavy atom. The fourth-order valence-corrected chi connectivity index (χ4v) is 12.3. The van der Waals surface area contributed by atoms with Crippen LogP contribution in [-0.4, -0.2) is 87.5 Å². The van der Waals surface area contributed by atoms with Crippen LogP contribution in [0.15, 0.2) is 60.8 Å². The zero-order valence-electron chi connectivity index (χ0n) is 58.0. The number of aliphatic hydroxyl groups is 5. The molecule has 0 aromatic carbocycles. The van der Waals surface area contributed by atoms with Gasteiger partial charge in [-0.25, -0.2) is 0 Å². The SMILES string of the molecule is CCCCCCC/C=C\C/C=C\C/C=C\CCCCCCCCCCCCCCCCCCCCC(=O)NC(COC1OC(CO)C(O)C(O)C1O)C(O)/C=C/CC/C=C/CCCCCCCCCCCCCCCCCCCCCCCCCCCC. The summed E-state index contributed by atoms with van der Waals surface area (Å²) in [4.78, 5) is 13.2. The molecule has 0 saturated carbocycles. The Kier molecular flexibility index (Phi) is 64.6. The second-order valence-electron chi connectivity index (χ2n) is 26.8. The van der Waals surface area contributed by atoms with Gasteiger partial charge in [-0.05, 0) is 70.6 Å². The molecule has 6 N–H and O–H groups in total. The molecule has 1 heterocycles. The van der Waals surface area contributed by atoms with Crippen LogP contribution >= 0.6 is 0 Å².